The number of benzene rings is 2. The van der Waals surface area contributed by atoms with E-state index in [4.69, 9.17) is 13.9 Å². The van der Waals surface area contributed by atoms with Gasteiger partial charge in [0, 0.05) is 11.3 Å². The van der Waals surface area contributed by atoms with Crippen LogP contribution >= 0.6 is 11.8 Å². The van der Waals surface area contributed by atoms with Gasteiger partial charge < -0.3 is 13.9 Å². The van der Waals surface area contributed by atoms with E-state index in [2.05, 4.69) is 27.6 Å². The lowest BCUT2D eigenvalue weighted by molar-refractivity contribution is -0.116. The second-order valence-electron chi connectivity index (χ2n) is 6.47. The standard InChI is InChI=1S/C21H21N3O4S/c25-19(7-4-12-29-16-5-2-1-3-6-16)22-21-24-23-20(28-21)14-15-8-9-17-18(13-15)27-11-10-26-17/h1-3,5-6,8-9,13H,4,7,10-12,14H2,(H,22,24,25). The van der Waals surface area contributed by atoms with Crippen molar-refractivity contribution < 1.29 is 18.7 Å². The van der Waals surface area contributed by atoms with Gasteiger partial charge in [-0.3, -0.25) is 10.1 Å². The fourth-order valence-corrected chi connectivity index (χ4v) is 3.74. The van der Waals surface area contributed by atoms with Gasteiger partial charge in [-0.15, -0.1) is 16.9 Å². The molecule has 4 rings (SSSR count). The normalized spacial score (nSPS) is 12.6. The highest BCUT2D eigenvalue weighted by atomic mass is 32.2. The van der Waals surface area contributed by atoms with Crippen molar-refractivity contribution in [3.05, 3.63) is 60.0 Å². The Morgan fingerprint density at radius 1 is 1.03 bits per heavy atom. The number of rotatable bonds is 8. The van der Waals surface area contributed by atoms with E-state index in [0.717, 1.165) is 29.2 Å². The van der Waals surface area contributed by atoms with Gasteiger partial charge in [-0.25, -0.2) is 0 Å². The van der Waals surface area contributed by atoms with Crippen LogP contribution in [0.4, 0.5) is 6.01 Å². The Labute approximate surface area is 172 Å². The number of ether oxygens (including phenoxy) is 2. The zero-order valence-electron chi connectivity index (χ0n) is 15.8. The molecule has 1 aromatic heterocycles. The van der Waals surface area contributed by atoms with E-state index in [1.54, 1.807) is 11.8 Å². The van der Waals surface area contributed by atoms with Gasteiger partial charge in [0.1, 0.15) is 13.2 Å². The first-order valence-electron chi connectivity index (χ1n) is 9.45. The summed E-state index contributed by atoms with van der Waals surface area (Å²) in [5.74, 6) is 2.63. The number of nitrogens with one attached hydrogen (secondary N) is 1. The Bertz CT molecular complexity index is 962. The molecule has 1 aliphatic heterocycles. The van der Waals surface area contributed by atoms with Gasteiger partial charge in [0.2, 0.25) is 11.8 Å². The number of carbonyl (C=O) groups is 1. The number of hydrogen-bond donors (Lipinski definition) is 1. The van der Waals surface area contributed by atoms with Crippen molar-refractivity contribution >= 4 is 23.7 Å². The number of thioether (sulfide) groups is 1. The molecule has 0 spiro atoms. The van der Waals surface area contributed by atoms with Crippen LogP contribution in [0.25, 0.3) is 0 Å². The van der Waals surface area contributed by atoms with Gasteiger partial charge in [-0.2, -0.15) is 0 Å². The van der Waals surface area contributed by atoms with Gasteiger partial charge >= 0.3 is 6.01 Å². The molecule has 1 N–H and O–H groups in total. The Kier molecular flexibility index (Phi) is 6.31. The number of fused-ring (bicyclic) bond motifs is 1. The summed E-state index contributed by atoms with van der Waals surface area (Å²) in [5.41, 5.74) is 0.966. The van der Waals surface area contributed by atoms with E-state index in [1.807, 2.05) is 36.4 Å². The van der Waals surface area contributed by atoms with Gasteiger partial charge in [0.15, 0.2) is 11.5 Å². The summed E-state index contributed by atoms with van der Waals surface area (Å²) in [6.07, 6.45) is 1.62. The van der Waals surface area contributed by atoms with Crippen LogP contribution in [0.15, 0.2) is 57.8 Å². The van der Waals surface area contributed by atoms with Crippen LogP contribution < -0.4 is 14.8 Å². The third-order valence-corrected chi connectivity index (χ3v) is 5.33. The van der Waals surface area contributed by atoms with Crippen molar-refractivity contribution in [2.45, 2.75) is 24.2 Å². The molecule has 0 unspecified atom stereocenters. The molecule has 0 radical (unpaired) electrons. The number of aromatic nitrogens is 2. The number of nitrogens with zero attached hydrogens (tertiary/aromatic N) is 2. The lowest BCUT2D eigenvalue weighted by Crippen LogP contribution is -2.15. The molecule has 0 fully saturated rings. The quantitative estimate of drug-likeness (QED) is 0.444. The summed E-state index contributed by atoms with van der Waals surface area (Å²) in [6.45, 7) is 1.10. The van der Waals surface area contributed by atoms with Gasteiger partial charge in [0.25, 0.3) is 0 Å². The molecule has 1 amide bonds. The molecular weight excluding hydrogens is 390 g/mol. The summed E-state index contributed by atoms with van der Waals surface area (Å²) >= 11 is 1.73. The molecule has 7 nitrogen and oxygen atoms in total. The zero-order chi connectivity index (χ0) is 19.9. The Morgan fingerprint density at radius 3 is 2.72 bits per heavy atom. The van der Waals surface area contributed by atoms with Crippen molar-refractivity contribution in [1.82, 2.24) is 10.2 Å². The maximum absolute atomic E-state index is 12.1. The lowest BCUT2D eigenvalue weighted by atomic mass is 10.1. The number of anilines is 1. The molecule has 8 heteroatoms. The molecule has 0 saturated heterocycles. The highest BCUT2D eigenvalue weighted by Gasteiger charge is 2.14. The summed E-state index contributed by atoms with van der Waals surface area (Å²) < 4.78 is 16.6. The van der Waals surface area contributed by atoms with E-state index in [0.29, 0.717) is 31.9 Å². The predicted octanol–water partition coefficient (Wildman–Crippen LogP) is 3.94. The molecule has 2 heterocycles. The minimum Gasteiger partial charge on any atom is -0.486 e. The smallest absolute Gasteiger partial charge is 0.322 e. The monoisotopic (exact) mass is 411 g/mol. The van der Waals surface area contributed by atoms with Gasteiger partial charge in [0.05, 0.1) is 6.42 Å². The number of amides is 1. The lowest BCUT2D eigenvalue weighted by Gasteiger charge is -2.18. The summed E-state index contributed by atoms with van der Waals surface area (Å²) in [7, 11) is 0. The first-order valence-corrected chi connectivity index (χ1v) is 10.4. The van der Waals surface area contributed by atoms with Crippen LogP contribution in [0.3, 0.4) is 0 Å². The molecule has 0 bridgehead atoms. The molecule has 3 aromatic rings. The average Bonchev–Trinajstić information content (AvgIpc) is 3.18. The van der Waals surface area contributed by atoms with Crippen molar-refractivity contribution in [3.8, 4) is 11.5 Å². The Hall–Kier alpha value is -3.00. The molecule has 0 atom stereocenters. The van der Waals surface area contributed by atoms with Gasteiger partial charge in [-0.05, 0) is 42.0 Å². The molecular formula is C21H21N3O4S. The van der Waals surface area contributed by atoms with Crippen LogP contribution in [-0.4, -0.2) is 35.1 Å². The largest absolute Gasteiger partial charge is 0.486 e. The number of carbonyl (C=O) groups excluding carboxylic acids is 1. The van der Waals surface area contributed by atoms with Crippen LogP contribution in [0.2, 0.25) is 0 Å². The highest BCUT2D eigenvalue weighted by molar-refractivity contribution is 7.99. The maximum Gasteiger partial charge on any atom is 0.322 e. The zero-order valence-corrected chi connectivity index (χ0v) is 16.6. The van der Waals surface area contributed by atoms with Gasteiger partial charge in [-0.1, -0.05) is 29.4 Å². The van der Waals surface area contributed by atoms with E-state index in [1.165, 1.54) is 4.90 Å². The minimum absolute atomic E-state index is 0.123. The van der Waals surface area contributed by atoms with Crippen LogP contribution in [0, 0.1) is 0 Å². The predicted molar refractivity (Wildman–Crippen MR) is 110 cm³/mol. The van der Waals surface area contributed by atoms with Crippen molar-refractivity contribution in [3.63, 3.8) is 0 Å². The second kappa shape index (κ2) is 9.47. The molecule has 150 valence electrons. The first-order chi connectivity index (χ1) is 14.3. The third kappa shape index (κ3) is 5.51. The topological polar surface area (TPSA) is 86.5 Å². The third-order valence-electron chi connectivity index (χ3n) is 4.24. The van der Waals surface area contributed by atoms with Crippen molar-refractivity contribution in [1.29, 1.82) is 0 Å². The Morgan fingerprint density at radius 2 is 1.86 bits per heavy atom. The molecule has 29 heavy (non-hydrogen) atoms. The van der Waals surface area contributed by atoms with Crippen LogP contribution in [0.1, 0.15) is 24.3 Å². The summed E-state index contributed by atoms with van der Waals surface area (Å²) in [4.78, 5) is 13.3. The fourth-order valence-electron chi connectivity index (χ4n) is 2.87. The fraction of sp³-hybridized carbons (Fsp3) is 0.286. The minimum atomic E-state index is -0.131. The molecule has 0 saturated carbocycles. The van der Waals surface area contributed by atoms with E-state index in [-0.39, 0.29) is 11.9 Å². The summed E-state index contributed by atoms with van der Waals surface area (Å²) in [5, 5.41) is 10.6. The van der Waals surface area contributed by atoms with E-state index in [9.17, 15) is 4.79 Å². The van der Waals surface area contributed by atoms with E-state index >= 15 is 0 Å². The SMILES string of the molecule is O=C(CCCSc1ccccc1)Nc1nnc(Cc2ccc3c(c2)OCCO3)o1. The van der Waals surface area contributed by atoms with Crippen LogP contribution in [-0.2, 0) is 11.2 Å². The summed E-state index contributed by atoms with van der Waals surface area (Å²) in [6, 6.07) is 16.0. The maximum atomic E-state index is 12.1. The highest BCUT2D eigenvalue weighted by Crippen LogP contribution is 2.31. The van der Waals surface area contributed by atoms with Crippen molar-refractivity contribution in [2.75, 3.05) is 24.3 Å². The molecule has 0 aliphatic carbocycles. The Balaban J connectivity index is 1.23. The molecule has 2 aromatic carbocycles. The van der Waals surface area contributed by atoms with E-state index < -0.39 is 0 Å². The molecule has 1 aliphatic rings. The van der Waals surface area contributed by atoms with Crippen molar-refractivity contribution in [2.24, 2.45) is 0 Å². The second-order valence-corrected chi connectivity index (χ2v) is 7.64. The first kappa shape index (κ1) is 19.3. The number of hydrogen-bond acceptors (Lipinski definition) is 7. The van der Waals surface area contributed by atoms with Crippen LogP contribution in [0.5, 0.6) is 11.5 Å². The average molecular weight is 411 g/mol.